The van der Waals surface area contributed by atoms with Crippen LogP contribution < -0.4 is 0 Å². The maximum absolute atomic E-state index is 11.6. The van der Waals surface area contributed by atoms with Gasteiger partial charge < -0.3 is 4.90 Å². The average molecular weight is 201 g/mol. The third kappa shape index (κ3) is 2.27. The van der Waals surface area contributed by atoms with Crippen LogP contribution in [0.1, 0.15) is 19.4 Å². The number of hydrogen-bond donors (Lipinski definition) is 0. The third-order valence-corrected chi connectivity index (χ3v) is 2.66. The predicted octanol–water partition coefficient (Wildman–Crippen LogP) is 2.32. The first-order chi connectivity index (χ1) is 7.09. The van der Waals surface area contributed by atoms with Gasteiger partial charge in [0.15, 0.2) is 0 Å². The van der Waals surface area contributed by atoms with Gasteiger partial charge in [0.2, 0.25) is 5.91 Å². The van der Waals surface area contributed by atoms with Crippen molar-refractivity contribution in [1.29, 1.82) is 0 Å². The summed E-state index contributed by atoms with van der Waals surface area (Å²) in [7, 11) is 0. The van der Waals surface area contributed by atoms with Gasteiger partial charge in [-0.15, -0.1) is 0 Å². The number of amides is 1. The lowest BCUT2D eigenvalue weighted by molar-refractivity contribution is -0.121. The summed E-state index contributed by atoms with van der Waals surface area (Å²) >= 11 is 0. The molecule has 1 aromatic rings. The van der Waals surface area contributed by atoms with Crippen molar-refractivity contribution in [2.75, 3.05) is 6.54 Å². The van der Waals surface area contributed by atoms with Crippen LogP contribution in [0.4, 0.5) is 0 Å². The molecule has 0 bridgehead atoms. The van der Waals surface area contributed by atoms with Crippen LogP contribution in [0.5, 0.6) is 0 Å². The van der Waals surface area contributed by atoms with Gasteiger partial charge >= 0.3 is 0 Å². The zero-order valence-corrected chi connectivity index (χ0v) is 9.10. The fourth-order valence-electron chi connectivity index (χ4n) is 1.55. The Hall–Kier alpha value is -1.57. The quantitative estimate of drug-likeness (QED) is 0.531. The molecule has 1 heterocycles. The van der Waals surface area contributed by atoms with Crippen LogP contribution in [0.25, 0.3) is 6.08 Å². The van der Waals surface area contributed by atoms with Gasteiger partial charge in [-0.3, -0.25) is 4.79 Å². The van der Waals surface area contributed by atoms with Crippen molar-refractivity contribution in [1.82, 2.24) is 4.90 Å². The zero-order valence-electron chi connectivity index (χ0n) is 9.10. The first-order valence-corrected chi connectivity index (χ1v) is 5.14. The Balaban J connectivity index is 1.99. The van der Waals surface area contributed by atoms with Gasteiger partial charge in [0.1, 0.15) is 0 Å². The molecule has 1 aliphatic heterocycles. The van der Waals surface area contributed by atoms with Crippen LogP contribution >= 0.6 is 0 Å². The molecule has 15 heavy (non-hydrogen) atoms. The van der Waals surface area contributed by atoms with Crippen molar-refractivity contribution in [3.05, 3.63) is 42.0 Å². The van der Waals surface area contributed by atoms with E-state index in [-0.39, 0.29) is 11.4 Å². The summed E-state index contributed by atoms with van der Waals surface area (Å²) in [6.07, 6.45) is 3.50. The molecule has 1 aromatic carbocycles. The molecule has 2 heteroatoms. The van der Waals surface area contributed by atoms with E-state index in [1.54, 1.807) is 6.08 Å². The van der Waals surface area contributed by atoms with Crippen molar-refractivity contribution in [3.8, 4) is 0 Å². The topological polar surface area (TPSA) is 20.1 Å². The molecule has 1 aliphatic rings. The number of hydrogen-bond acceptors (Lipinski definition) is 1. The predicted molar refractivity (Wildman–Crippen MR) is 61.3 cm³/mol. The second-order valence-electron chi connectivity index (χ2n) is 4.48. The highest BCUT2D eigenvalue weighted by Crippen LogP contribution is 2.30. The summed E-state index contributed by atoms with van der Waals surface area (Å²) in [6, 6.07) is 9.86. The Labute approximate surface area is 90.2 Å². The lowest BCUT2D eigenvalue weighted by atomic mass is 10.2. The molecule has 1 fully saturated rings. The molecule has 78 valence electrons. The number of nitrogens with zero attached hydrogens (tertiary/aromatic N) is 1. The summed E-state index contributed by atoms with van der Waals surface area (Å²) in [5, 5.41) is 0. The molecular weight excluding hydrogens is 186 g/mol. The van der Waals surface area contributed by atoms with Crippen molar-refractivity contribution < 1.29 is 4.79 Å². The molecule has 1 saturated heterocycles. The maximum Gasteiger partial charge on any atom is 0.247 e. The second kappa shape index (κ2) is 3.54. The Bertz CT molecular complexity index is 392. The van der Waals surface area contributed by atoms with Gasteiger partial charge in [-0.25, -0.2) is 0 Å². The third-order valence-electron chi connectivity index (χ3n) is 2.66. The van der Waals surface area contributed by atoms with E-state index in [0.717, 1.165) is 12.1 Å². The molecule has 0 atom stereocenters. The molecule has 2 rings (SSSR count). The molecular formula is C13H15NO. The number of benzene rings is 1. The average Bonchev–Trinajstić information content (AvgIpc) is 2.86. The van der Waals surface area contributed by atoms with E-state index in [2.05, 4.69) is 13.8 Å². The van der Waals surface area contributed by atoms with Gasteiger partial charge in [-0.05, 0) is 25.5 Å². The Morgan fingerprint density at radius 3 is 2.47 bits per heavy atom. The van der Waals surface area contributed by atoms with Gasteiger partial charge in [-0.1, -0.05) is 30.3 Å². The van der Waals surface area contributed by atoms with Gasteiger partial charge in [-0.2, -0.15) is 0 Å². The number of rotatable bonds is 2. The molecule has 2 nitrogen and oxygen atoms in total. The van der Waals surface area contributed by atoms with Crippen LogP contribution in [-0.2, 0) is 4.79 Å². The summed E-state index contributed by atoms with van der Waals surface area (Å²) < 4.78 is 0. The van der Waals surface area contributed by atoms with E-state index in [1.165, 1.54) is 0 Å². The summed E-state index contributed by atoms with van der Waals surface area (Å²) in [5.74, 6) is 0.101. The standard InChI is InChI=1S/C13H15NO/c1-13(2)10-14(13)12(15)9-8-11-6-4-3-5-7-11/h3-9H,10H2,1-2H3/b9-8+. The minimum absolute atomic E-state index is 0.0676. The summed E-state index contributed by atoms with van der Waals surface area (Å²) in [5.41, 5.74) is 1.13. The molecule has 0 radical (unpaired) electrons. The summed E-state index contributed by atoms with van der Waals surface area (Å²) in [4.78, 5) is 13.5. The van der Waals surface area contributed by atoms with Crippen LogP contribution in [0, 0.1) is 0 Å². The summed E-state index contributed by atoms with van der Waals surface area (Å²) in [6.45, 7) is 5.01. The van der Waals surface area contributed by atoms with E-state index < -0.39 is 0 Å². The van der Waals surface area contributed by atoms with Crippen molar-refractivity contribution in [3.63, 3.8) is 0 Å². The lowest BCUT2D eigenvalue weighted by Crippen LogP contribution is -2.15. The molecule has 0 saturated carbocycles. The second-order valence-corrected chi connectivity index (χ2v) is 4.48. The highest BCUT2D eigenvalue weighted by molar-refractivity contribution is 5.94. The van der Waals surface area contributed by atoms with Crippen LogP contribution in [0.15, 0.2) is 36.4 Å². The van der Waals surface area contributed by atoms with E-state index in [0.29, 0.717) is 0 Å². The highest BCUT2D eigenvalue weighted by Gasteiger charge is 2.45. The van der Waals surface area contributed by atoms with Crippen molar-refractivity contribution >= 4 is 12.0 Å². The van der Waals surface area contributed by atoms with E-state index in [4.69, 9.17) is 0 Å². The molecule has 0 unspecified atom stereocenters. The Morgan fingerprint density at radius 1 is 1.33 bits per heavy atom. The Kier molecular flexibility index (Phi) is 2.35. The highest BCUT2D eigenvalue weighted by atomic mass is 16.2. The van der Waals surface area contributed by atoms with Crippen LogP contribution in [0.3, 0.4) is 0 Å². The fraction of sp³-hybridized carbons (Fsp3) is 0.308. The molecule has 0 aliphatic carbocycles. The largest absolute Gasteiger partial charge is 0.330 e. The van der Waals surface area contributed by atoms with Gasteiger partial charge in [0, 0.05) is 12.6 Å². The number of carbonyl (C=O) groups excluding carboxylic acids is 1. The molecule has 0 spiro atoms. The molecule has 1 amide bonds. The SMILES string of the molecule is CC1(C)CN1C(=O)/C=C/c1ccccc1. The van der Waals surface area contributed by atoms with Crippen LogP contribution in [0.2, 0.25) is 0 Å². The normalized spacial score (nSPS) is 18.1. The first-order valence-electron chi connectivity index (χ1n) is 5.14. The van der Waals surface area contributed by atoms with E-state index >= 15 is 0 Å². The van der Waals surface area contributed by atoms with Crippen molar-refractivity contribution in [2.24, 2.45) is 0 Å². The smallest absolute Gasteiger partial charge is 0.247 e. The maximum atomic E-state index is 11.6. The van der Waals surface area contributed by atoms with E-state index in [9.17, 15) is 4.79 Å². The minimum Gasteiger partial charge on any atom is -0.330 e. The van der Waals surface area contributed by atoms with Crippen LogP contribution in [-0.4, -0.2) is 22.9 Å². The number of carbonyl (C=O) groups is 1. The minimum atomic E-state index is 0.0676. The zero-order chi connectivity index (χ0) is 10.9. The van der Waals surface area contributed by atoms with Gasteiger partial charge in [0.25, 0.3) is 0 Å². The van der Waals surface area contributed by atoms with Crippen molar-refractivity contribution in [2.45, 2.75) is 19.4 Å². The molecule has 0 aromatic heterocycles. The fourth-order valence-corrected chi connectivity index (χ4v) is 1.55. The van der Waals surface area contributed by atoms with E-state index in [1.807, 2.05) is 41.3 Å². The lowest BCUT2D eigenvalue weighted by Gasteiger charge is -2.02. The van der Waals surface area contributed by atoms with Gasteiger partial charge in [0.05, 0.1) is 5.54 Å². The molecule has 0 N–H and O–H groups in total. The Morgan fingerprint density at radius 2 is 1.93 bits per heavy atom. The first kappa shape index (κ1) is 9.97. The monoisotopic (exact) mass is 201 g/mol.